The number of hydrogen-bond acceptors (Lipinski definition) is 7. The van der Waals surface area contributed by atoms with Crippen LogP contribution in [0, 0.1) is 0 Å². The number of ether oxygens (including phenoxy) is 1. The Balaban J connectivity index is 1.43. The Morgan fingerprint density at radius 3 is 2.61 bits per heavy atom. The summed E-state index contributed by atoms with van der Waals surface area (Å²) in [5.74, 6) is 0.141. The first-order chi connectivity index (χ1) is 15.9. The second kappa shape index (κ2) is 10.8. The number of thiol groups is 1. The van der Waals surface area contributed by atoms with E-state index in [4.69, 9.17) is 27.9 Å². The van der Waals surface area contributed by atoms with E-state index in [-0.39, 0.29) is 21.8 Å². The average Bonchev–Trinajstić information content (AvgIpc) is 2.84. The number of rotatable bonds is 6. The van der Waals surface area contributed by atoms with Crippen molar-refractivity contribution < 1.29 is 14.6 Å². The summed E-state index contributed by atoms with van der Waals surface area (Å²) >= 11 is 16.4. The van der Waals surface area contributed by atoms with Crippen LogP contribution in [0.1, 0.15) is 6.42 Å². The van der Waals surface area contributed by atoms with Crippen molar-refractivity contribution in [2.24, 2.45) is 0 Å². The van der Waals surface area contributed by atoms with Crippen LogP contribution in [0.15, 0.2) is 36.5 Å². The molecule has 2 heterocycles. The smallest absolute Gasteiger partial charge is 0.333 e. The minimum Gasteiger partial charge on any atom is -0.505 e. The van der Waals surface area contributed by atoms with E-state index in [0.29, 0.717) is 23.4 Å². The second-order valence-electron chi connectivity index (χ2n) is 7.57. The highest BCUT2D eigenvalue weighted by Crippen LogP contribution is 2.37. The van der Waals surface area contributed by atoms with Crippen LogP contribution in [0.4, 0.5) is 10.6 Å². The van der Waals surface area contributed by atoms with Gasteiger partial charge >= 0.3 is 6.03 Å². The van der Waals surface area contributed by atoms with Gasteiger partial charge in [-0.05, 0) is 48.4 Å². The van der Waals surface area contributed by atoms with E-state index in [1.165, 1.54) is 6.20 Å². The van der Waals surface area contributed by atoms with Crippen LogP contribution in [0.3, 0.4) is 0 Å². The van der Waals surface area contributed by atoms with Gasteiger partial charge in [0.2, 0.25) is 0 Å². The van der Waals surface area contributed by atoms with E-state index in [1.807, 2.05) is 18.2 Å². The van der Waals surface area contributed by atoms with Gasteiger partial charge in [0.15, 0.2) is 11.6 Å². The van der Waals surface area contributed by atoms with Crippen LogP contribution in [-0.2, 0) is 4.74 Å². The third kappa shape index (κ3) is 5.80. The summed E-state index contributed by atoms with van der Waals surface area (Å²) in [4.78, 5) is 23.7. The fourth-order valence-electron chi connectivity index (χ4n) is 3.52. The van der Waals surface area contributed by atoms with E-state index < -0.39 is 0 Å². The predicted molar refractivity (Wildman–Crippen MR) is 133 cm³/mol. The van der Waals surface area contributed by atoms with Crippen molar-refractivity contribution in [1.82, 2.24) is 20.2 Å². The highest BCUT2D eigenvalue weighted by Gasteiger charge is 2.16. The Morgan fingerprint density at radius 1 is 1.15 bits per heavy atom. The van der Waals surface area contributed by atoms with Crippen LogP contribution >= 0.6 is 36.0 Å². The van der Waals surface area contributed by atoms with Crippen molar-refractivity contribution in [1.29, 1.82) is 0 Å². The molecule has 0 atom stereocenters. The van der Waals surface area contributed by atoms with Crippen molar-refractivity contribution in [3.63, 3.8) is 0 Å². The highest BCUT2D eigenvalue weighted by molar-refractivity contribution is 7.82. The number of anilines is 1. The van der Waals surface area contributed by atoms with Crippen molar-refractivity contribution >= 4 is 58.9 Å². The fourth-order valence-corrected chi connectivity index (χ4v) is 4.17. The van der Waals surface area contributed by atoms with Gasteiger partial charge in [-0.3, -0.25) is 9.88 Å². The molecule has 2 amide bonds. The zero-order valence-electron chi connectivity index (χ0n) is 17.7. The Morgan fingerprint density at radius 2 is 1.88 bits per heavy atom. The number of aromatic hydroxyl groups is 1. The minimum atomic E-state index is -0.373. The van der Waals surface area contributed by atoms with Crippen LogP contribution < -0.4 is 9.62 Å². The Bertz CT molecular complexity index is 1140. The van der Waals surface area contributed by atoms with E-state index in [2.05, 4.69) is 33.0 Å². The molecule has 1 aromatic heterocycles. The van der Waals surface area contributed by atoms with Crippen molar-refractivity contribution in [3.05, 3.63) is 46.6 Å². The molecule has 0 bridgehead atoms. The minimum absolute atomic E-state index is 0.157. The quantitative estimate of drug-likeness (QED) is 0.338. The summed E-state index contributed by atoms with van der Waals surface area (Å²) in [5, 5.41) is 13.0. The van der Waals surface area contributed by atoms with Crippen LogP contribution in [-0.4, -0.2) is 65.4 Å². The highest BCUT2D eigenvalue weighted by atomic mass is 35.5. The second-order valence-corrected chi connectivity index (χ2v) is 8.79. The summed E-state index contributed by atoms with van der Waals surface area (Å²) in [5.41, 5.74) is 2.74. The number of halogens is 2. The monoisotopic (exact) mass is 507 g/mol. The first kappa shape index (κ1) is 23.8. The van der Waals surface area contributed by atoms with Crippen molar-refractivity contribution in [2.75, 3.05) is 43.7 Å². The van der Waals surface area contributed by atoms with E-state index in [9.17, 15) is 9.90 Å². The largest absolute Gasteiger partial charge is 0.505 e. The van der Waals surface area contributed by atoms with E-state index >= 15 is 0 Å². The number of phenolic OH excluding ortho intramolecular Hbond substituents is 1. The Hall–Kier alpha value is -2.30. The lowest BCUT2D eigenvalue weighted by Gasteiger charge is -2.26. The normalized spacial score (nSPS) is 14.4. The summed E-state index contributed by atoms with van der Waals surface area (Å²) in [7, 11) is 0. The van der Waals surface area contributed by atoms with Crippen LogP contribution in [0.25, 0.3) is 22.2 Å². The number of benzene rings is 2. The molecule has 0 spiro atoms. The number of hydrogen-bond donors (Lipinski definition) is 3. The average molecular weight is 508 g/mol. The molecule has 3 aromatic rings. The third-order valence-corrected chi connectivity index (χ3v) is 6.28. The topological polar surface area (TPSA) is 90.8 Å². The molecule has 33 heavy (non-hydrogen) atoms. The lowest BCUT2D eigenvalue weighted by Crippen LogP contribution is -2.39. The molecule has 0 saturated carbocycles. The molecule has 1 aliphatic heterocycles. The Kier molecular flexibility index (Phi) is 7.77. The molecule has 0 radical (unpaired) electrons. The molecule has 2 aromatic carbocycles. The molecular weight excluding hydrogens is 485 g/mol. The van der Waals surface area contributed by atoms with E-state index in [0.717, 1.165) is 54.7 Å². The number of morpholine rings is 1. The molecule has 1 fully saturated rings. The maximum Gasteiger partial charge on any atom is 0.333 e. The number of aromatic nitrogens is 2. The van der Waals surface area contributed by atoms with Gasteiger partial charge in [-0.1, -0.05) is 42.1 Å². The Labute approximate surface area is 207 Å². The number of amides is 2. The number of phenols is 1. The molecule has 174 valence electrons. The van der Waals surface area contributed by atoms with Gasteiger partial charge in [0.25, 0.3) is 0 Å². The number of urea groups is 1. The molecule has 0 aliphatic carbocycles. The predicted octanol–water partition coefficient (Wildman–Crippen LogP) is 4.39. The van der Waals surface area contributed by atoms with Gasteiger partial charge < -0.3 is 15.2 Å². The number of nitrogens with zero attached hydrogens (tertiary/aromatic N) is 4. The summed E-state index contributed by atoms with van der Waals surface area (Å²) in [6.45, 7) is 4.78. The van der Waals surface area contributed by atoms with Gasteiger partial charge in [0.05, 0.1) is 40.5 Å². The van der Waals surface area contributed by atoms with Gasteiger partial charge in [-0.2, -0.15) is 0 Å². The van der Waals surface area contributed by atoms with Crippen molar-refractivity contribution in [2.45, 2.75) is 6.42 Å². The summed E-state index contributed by atoms with van der Waals surface area (Å²) in [6, 6.07) is 8.35. The summed E-state index contributed by atoms with van der Waals surface area (Å²) < 4.78 is 6.48. The summed E-state index contributed by atoms with van der Waals surface area (Å²) in [6.07, 6.45) is 2.33. The zero-order valence-corrected chi connectivity index (χ0v) is 20.1. The molecule has 1 aliphatic rings. The van der Waals surface area contributed by atoms with Crippen molar-refractivity contribution in [3.8, 4) is 16.9 Å². The maximum atomic E-state index is 12.5. The zero-order chi connectivity index (χ0) is 23.4. The van der Waals surface area contributed by atoms with Crippen LogP contribution in [0.5, 0.6) is 5.75 Å². The standard InChI is InChI=1S/C22H23Cl2N5O3S/c23-16-10-15(11-17(24)21(16)30)14-2-3-18-19(12-14)27-20(13-26-18)29(33)22(31)25-4-1-5-28-6-8-32-9-7-28/h2-3,10-13,30,33H,1,4-9H2,(H,25,31). The third-order valence-electron chi connectivity index (χ3n) is 5.32. The number of carbonyl (C=O) groups excluding carboxylic acids is 1. The van der Waals surface area contributed by atoms with Gasteiger partial charge in [0, 0.05) is 19.6 Å². The SMILES string of the molecule is O=C(NCCCN1CCOCC1)N(S)c1cnc2ccc(-c3cc(Cl)c(O)c(Cl)c3)cc2n1. The molecule has 11 heteroatoms. The molecule has 2 N–H and O–H groups in total. The maximum absolute atomic E-state index is 12.5. The first-order valence-electron chi connectivity index (χ1n) is 10.4. The first-order valence-corrected chi connectivity index (χ1v) is 11.6. The molecule has 1 saturated heterocycles. The van der Waals surface area contributed by atoms with Crippen LogP contribution in [0.2, 0.25) is 10.0 Å². The molecule has 4 rings (SSSR count). The molecule has 8 nitrogen and oxygen atoms in total. The van der Waals surface area contributed by atoms with E-state index in [1.54, 1.807) is 12.1 Å². The lowest BCUT2D eigenvalue weighted by molar-refractivity contribution is 0.0375. The molecule has 0 unspecified atom stereocenters. The fraction of sp³-hybridized carbons (Fsp3) is 0.318. The lowest BCUT2D eigenvalue weighted by atomic mass is 10.0. The molecular formula is C22H23Cl2N5O3S. The number of fused-ring (bicyclic) bond motifs is 1. The van der Waals surface area contributed by atoms with Gasteiger partial charge in [-0.25, -0.2) is 14.1 Å². The van der Waals surface area contributed by atoms with Gasteiger partial charge in [0.1, 0.15) is 0 Å². The van der Waals surface area contributed by atoms with Gasteiger partial charge in [-0.15, -0.1) is 0 Å². The number of carbonyl (C=O) groups is 1. The number of nitrogens with one attached hydrogen (secondary N) is 1.